The van der Waals surface area contributed by atoms with Crippen molar-refractivity contribution < 1.29 is 19.5 Å². The fraction of sp³-hybridized carbons (Fsp3) is 0.333. The zero-order valence-electron chi connectivity index (χ0n) is 15.0. The van der Waals surface area contributed by atoms with E-state index in [0.29, 0.717) is 5.46 Å². The Morgan fingerprint density at radius 3 is 1.67 bits per heavy atom. The Kier molecular flexibility index (Phi) is 7.80. The van der Waals surface area contributed by atoms with Gasteiger partial charge in [-0.25, -0.2) is 0 Å². The lowest BCUT2D eigenvalue weighted by Crippen LogP contribution is -2.32. The van der Waals surface area contributed by atoms with Crippen molar-refractivity contribution in [3.05, 3.63) is 51.0 Å². The molecular formula is C18H24BBrO4. The van der Waals surface area contributed by atoms with Crippen molar-refractivity contribution in [2.75, 3.05) is 14.2 Å². The lowest BCUT2D eigenvalue weighted by atomic mass is 9.76. The van der Waals surface area contributed by atoms with Gasteiger partial charge in [0.25, 0.3) is 0 Å². The standard InChI is InChI=1S/C9H13BO3.C9H11BrO/c1-6-5-9(13-3)7(2)4-8(6)10(11)12;1-6-5-9(11-3)7(2)4-8(6)10/h4-5,11-12H,1-3H3;4-5H,1-3H3. The molecule has 0 spiro atoms. The Labute approximate surface area is 152 Å². The van der Waals surface area contributed by atoms with Gasteiger partial charge in [0.1, 0.15) is 11.5 Å². The molecule has 0 aliphatic heterocycles. The molecule has 0 heterocycles. The molecule has 130 valence electrons. The summed E-state index contributed by atoms with van der Waals surface area (Å²) in [4.78, 5) is 0. The van der Waals surface area contributed by atoms with Gasteiger partial charge in [0.2, 0.25) is 0 Å². The summed E-state index contributed by atoms with van der Waals surface area (Å²) in [6.45, 7) is 7.76. The average molecular weight is 395 g/mol. The van der Waals surface area contributed by atoms with Crippen molar-refractivity contribution in [3.63, 3.8) is 0 Å². The summed E-state index contributed by atoms with van der Waals surface area (Å²) < 4.78 is 11.4. The van der Waals surface area contributed by atoms with Crippen LogP contribution in [0.1, 0.15) is 22.3 Å². The van der Waals surface area contributed by atoms with Crippen molar-refractivity contribution in [2.24, 2.45) is 0 Å². The molecule has 0 aromatic heterocycles. The van der Waals surface area contributed by atoms with Gasteiger partial charge in [0.15, 0.2) is 0 Å². The van der Waals surface area contributed by atoms with Gasteiger partial charge in [-0.3, -0.25) is 0 Å². The van der Waals surface area contributed by atoms with Crippen LogP contribution in [0.4, 0.5) is 0 Å². The second-order valence-electron chi connectivity index (χ2n) is 5.62. The van der Waals surface area contributed by atoms with Crippen LogP contribution < -0.4 is 14.9 Å². The van der Waals surface area contributed by atoms with Crippen LogP contribution in [0.3, 0.4) is 0 Å². The number of halogens is 1. The SMILES string of the molecule is COc1cc(C)c(B(O)O)cc1C.COc1cc(C)c(Br)cc1C. The minimum absolute atomic E-state index is 0.526. The van der Waals surface area contributed by atoms with E-state index in [2.05, 4.69) is 22.0 Å². The Bertz CT molecular complexity index is 702. The molecule has 2 aromatic rings. The molecule has 0 unspecified atom stereocenters. The van der Waals surface area contributed by atoms with Crippen molar-refractivity contribution >= 4 is 28.5 Å². The highest BCUT2D eigenvalue weighted by Crippen LogP contribution is 2.25. The lowest BCUT2D eigenvalue weighted by Gasteiger charge is -2.10. The average Bonchev–Trinajstić information content (AvgIpc) is 2.53. The van der Waals surface area contributed by atoms with Crippen LogP contribution >= 0.6 is 15.9 Å². The van der Waals surface area contributed by atoms with Gasteiger partial charge in [-0.15, -0.1) is 0 Å². The molecule has 0 atom stereocenters. The van der Waals surface area contributed by atoms with E-state index < -0.39 is 7.12 Å². The molecule has 0 saturated carbocycles. The van der Waals surface area contributed by atoms with Gasteiger partial charge in [0, 0.05) is 4.47 Å². The molecule has 2 N–H and O–H groups in total. The summed E-state index contributed by atoms with van der Waals surface area (Å²) in [7, 11) is 1.87. The highest BCUT2D eigenvalue weighted by atomic mass is 79.9. The van der Waals surface area contributed by atoms with E-state index in [1.807, 2.05) is 33.8 Å². The van der Waals surface area contributed by atoms with Gasteiger partial charge in [-0.1, -0.05) is 22.0 Å². The molecule has 0 aliphatic rings. The highest BCUT2D eigenvalue weighted by Gasteiger charge is 2.15. The normalized spacial score (nSPS) is 9.88. The Morgan fingerprint density at radius 1 is 0.750 bits per heavy atom. The van der Waals surface area contributed by atoms with Gasteiger partial charge >= 0.3 is 7.12 Å². The molecule has 0 bridgehead atoms. The monoisotopic (exact) mass is 394 g/mol. The van der Waals surface area contributed by atoms with Crippen LogP contribution in [0, 0.1) is 27.7 Å². The predicted molar refractivity (Wildman–Crippen MR) is 102 cm³/mol. The largest absolute Gasteiger partial charge is 0.496 e. The quantitative estimate of drug-likeness (QED) is 0.785. The van der Waals surface area contributed by atoms with E-state index >= 15 is 0 Å². The molecule has 6 heteroatoms. The van der Waals surface area contributed by atoms with Gasteiger partial charge in [-0.05, 0) is 73.6 Å². The molecule has 24 heavy (non-hydrogen) atoms. The lowest BCUT2D eigenvalue weighted by molar-refractivity contribution is 0.410. The summed E-state index contributed by atoms with van der Waals surface area (Å²) in [6, 6.07) is 7.61. The Balaban J connectivity index is 0.000000243. The maximum Gasteiger partial charge on any atom is 0.488 e. The molecule has 0 amide bonds. The van der Waals surface area contributed by atoms with Crippen molar-refractivity contribution in [3.8, 4) is 11.5 Å². The molecule has 2 rings (SSSR count). The second-order valence-corrected chi connectivity index (χ2v) is 6.48. The molecule has 0 saturated heterocycles. The number of ether oxygens (including phenoxy) is 2. The molecule has 4 nitrogen and oxygen atoms in total. The Morgan fingerprint density at radius 2 is 1.21 bits per heavy atom. The third kappa shape index (κ3) is 5.26. The number of hydrogen-bond acceptors (Lipinski definition) is 4. The van der Waals surface area contributed by atoms with Crippen LogP contribution in [0.2, 0.25) is 0 Å². The third-order valence-electron chi connectivity index (χ3n) is 3.74. The van der Waals surface area contributed by atoms with E-state index in [1.54, 1.807) is 26.4 Å². The van der Waals surface area contributed by atoms with Crippen molar-refractivity contribution in [2.45, 2.75) is 27.7 Å². The first-order chi connectivity index (χ1) is 11.2. The number of aryl methyl sites for hydroxylation is 4. The minimum atomic E-state index is -1.41. The molecular weight excluding hydrogens is 371 g/mol. The minimum Gasteiger partial charge on any atom is -0.496 e. The summed E-state index contributed by atoms with van der Waals surface area (Å²) in [5.74, 6) is 1.72. The zero-order chi connectivity index (χ0) is 18.4. The number of methoxy groups -OCH3 is 2. The predicted octanol–water partition coefficient (Wildman–Crippen LogP) is 3.07. The van der Waals surface area contributed by atoms with E-state index in [0.717, 1.165) is 32.7 Å². The molecule has 0 radical (unpaired) electrons. The fourth-order valence-corrected chi connectivity index (χ4v) is 2.74. The third-order valence-corrected chi connectivity index (χ3v) is 4.59. The summed E-state index contributed by atoms with van der Waals surface area (Å²) in [5, 5.41) is 18.0. The van der Waals surface area contributed by atoms with Gasteiger partial charge in [0.05, 0.1) is 14.2 Å². The first-order valence-corrected chi connectivity index (χ1v) is 8.32. The molecule has 2 aromatic carbocycles. The van der Waals surface area contributed by atoms with Crippen molar-refractivity contribution in [1.29, 1.82) is 0 Å². The van der Waals surface area contributed by atoms with Crippen LogP contribution in [-0.2, 0) is 0 Å². The fourth-order valence-electron chi connectivity index (χ4n) is 2.28. The second kappa shape index (κ2) is 9.11. The zero-order valence-corrected chi connectivity index (χ0v) is 16.6. The highest BCUT2D eigenvalue weighted by molar-refractivity contribution is 9.10. The maximum atomic E-state index is 9.01. The number of hydrogen-bond donors (Lipinski definition) is 2. The number of rotatable bonds is 3. The number of benzene rings is 2. The van der Waals surface area contributed by atoms with E-state index in [4.69, 9.17) is 19.5 Å². The van der Waals surface area contributed by atoms with Crippen LogP contribution in [-0.4, -0.2) is 31.4 Å². The van der Waals surface area contributed by atoms with E-state index in [9.17, 15) is 0 Å². The van der Waals surface area contributed by atoms with Gasteiger partial charge in [-0.2, -0.15) is 0 Å². The molecule has 0 aliphatic carbocycles. The topological polar surface area (TPSA) is 58.9 Å². The Hall–Kier alpha value is -1.50. The van der Waals surface area contributed by atoms with Gasteiger partial charge < -0.3 is 19.5 Å². The van der Waals surface area contributed by atoms with Crippen molar-refractivity contribution in [1.82, 2.24) is 0 Å². The molecule has 0 fully saturated rings. The van der Waals surface area contributed by atoms with Crippen LogP contribution in [0.25, 0.3) is 0 Å². The van der Waals surface area contributed by atoms with Crippen LogP contribution in [0.15, 0.2) is 28.7 Å². The summed E-state index contributed by atoms with van der Waals surface area (Å²) in [5.41, 5.74) is 4.60. The van der Waals surface area contributed by atoms with E-state index in [1.165, 1.54) is 5.56 Å². The summed E-state index contributed by atoms with van der Waals surface area (Å²) in [6.07, 6.45) is 0. The van der Waals surface area contributed by atoms with E-state index in [-0.39, 0.29) is 0 Å². The first-order valence-electron chi connectivity index (χ1n) is 7.53. The first kappa shape index (κ1) is 20.5. The maximum absolute atomic E-state index is 9.01. The van der Waals surface area contributed by atoms with Crippen LogP contribution in [0.5, 0.6) is 11.5 Å². The summed E-state index contributed by atoms with van der Waals surface area (Å²) >= 11 is 3.45. The smallest absolute Gasteiger partial charge is 0.488 e.